The molecule has 1 aliphatic rings. The van der Waals surface area contributed by atoms with Crippen LogP contribution in [0.4, 0.5) is 4.79 Å². The zero-order valence-electron chi connectivity index (χ0n) is 13.8. The first kappa shape index (κ1) is 17.3. The van der Waals surface area contributed by atoms with Gasteiger partial charge >= 0.3 is 6.03 Å². The van der Waals surface area contributed by atoms with Crippen LogP contribution in [0, 0.1) is 0 Å². The van der Waals surface area contributed by atoms with E-state index < -0.39 is 0 Å². The molecule has 6 heteroatoms. The maximum absolute atomic E-state index is 12.3. The van der Waals surface area contributed by atoms with Gasteiger partial charge in [-0.25, -0.2) is 4.79 Å². The molecule has 130 valence electrons. The standard InChI is InChI=1S/C19H20ClN3O2/c20-17-7-5-14(6-8-17)11-21-19(25)22-12-18(24)23-10-9-15-3-1-2-4-16(15)13-23/h1-8H,9-13H2,(H2,21,22,25). The lowest BCUT2D eigenvalue weighted by Crippen LogP contribution is -2.45. The minimum Gasteiger partial charge on any atom is -0.336 e. The predicted molar refractivity (Wildman–Crippen MR) is 97.3 cm³/mol. The molecule has 0 unspecified atom stereocenters. The summed E-state index contributed by atoms with van der Waals surface area (Å²) in [6.45, 7) is 1.66. The second-order valence-electron chi connectivity index (χ2n) is 6.00. The molecule has 3 rings (SSSR count). The van der Waals surface area contributed by atoms with Crippen molar-refractivity contribution in [1.82, 2.24) is 15.5 Å². The third kappa shape index (κ3) is 4.73. The van der Waals surface area contributed by atoms with Crippen molar-refractivity contribution in [2.75, 3.05) is 13.1 Å². The van der Waals surface area contributed by atoms with E-state index in [1.807, 2.05) is 30.3 Å². The van der Waals surface area contributed by atoms with Crippen LogP contribution in [0.15, 0.2) is 48.5 Å². The summed E-state index contributed by atoms with van der Waals surface area (Å²) in [5, 5.41) is 6.00. The van der Waals surface area contributed by atoms with Crippen molar-refractivity contribution in [1.29, 1.82) is 0 Å². The van der Waals surface area contributed by atoms with Crippen LogP contribution < -0.4 is 10.6 Å². The van der Waals surface area contributed by atoms with Gasteiger partial charge < -0.3 is 15.5 Å². The number of urea groups is 1. The van der Waals surface area contributed by atoms with Gasteiger partial charge in [0, 0.05) is 24.7 Å². The van der Waals surface area contributed by atoms with Gasteiger partial charge in [0.15, 0.2) is 0 Å². The molecule has 2 aromatic carbocycles. The number of carbonyl (C=O) groups is 2. The summed E-state index contributed by atoms with van der Waals surface area (Å²) in [6.07, 6.45) is 0.852. The first-order valence-corrected chi connectivity index (χ1v) is 8.60. The molecular weight excluding hydrogens is 338 g/mol. The molecule has 0 aliphatic carbocycles. The molecule has 0 bridgehead atoms. The number of nitrogens with zero attached hydrogens (tertiary/aromatic N) is 1. The van der Waals surface area contributed by atoms with Crippen molar-refractivity contribution in [3.8, 4) is 0 Å². The fourth-order valence-electron chi connectivity index (χ4n) is 2.82. The van der Waals surface area contributed by atoms with Crippen LogP contribution in [0.2, 0.25) is 5.02 Å². The summed E-state index contributed by atoms with van der Waals surface area (Å²) in [5.74, 6) is -0.0730. The van der Waals surface area contributed by atoms with Gasteiger partial charge in [0.2, 0.25) is 5.91 Å². The minimum absolute atomic E-state index is 0.00534. The first-order valence-electron chi connectivity index (χ1n) is 8.22. The topological polar surface area (TPSA) is 61.4 Å². The molecule has 0 atom stereocenters. The highest BCUT2D eigenvalue weighted by Crippen LogP contribution is 2.18. The summed E-state index contributed by atoms with van der Waals surface area (Å²) in [5.41, 5.74) is 3.41. The molecule has 0 saturated heterocycles. The zero-order chi connectivity index (χ0) is 17.6. The van der Waals surface area contributed by atoms with Gasteiger partial charge in [-0.15, -0.1) is 0 Å². The van der Waals surface area contributed by atoms with Crippen LogP contribution in [0.25, 0.3) is 0 Å². The first-order chi connectivity index (χ1) is 12.1. The Morgan fingerprint density at radius 2 is 1.72 bits per heavy atom. The molecule has 1 heterocycles. The minimum atomic E-state index is -0.360. The van der Waals surface area contributed by atoms with Crippen molar-refractivity contribution in [2.24, 2.45) is 0 Å². The van der Waals surface area contributed by atoms with Gasteiger partial charge in [0.25, 0.3) is 0 Å². The second-order valence-corrected chi connectivity index (χ2v) is 6.43. The monoisotopic (exact) mass is 357 g/mol. The molecule has 2 aromatic rings. The molecule has 0 saturated carbocycles. The van der Waals surface area contributed by atoms with E-state index in [4.69, 9.17) is 11.6 Å². The van der Waals surface area contributed by atoms with Gasteiger partial charge in [-0.1, -0.05) is 48.0 Å². The number of fused-ring (bicyclic) bond motifs is 1. The third-order valence-corrected chi connectivity index (χ3v) is 4.50. The van der Waals surface area contributed by atoms with E-state index in [0.717, 1.165) is 12.0 Å². The van der Waals surface area contributed by atoms with Gasteiger partial charge in [-0.2, -0.15) is 0 Å². The summed E-state index contributed by atoms with van der Waals surface area (Å²) < 4.78 is 0. The van der Waals surface area contributed by atoms with E-state index in [0.29, 0.717) is 24.7 Å². The molecule has 2 N–H and O–H groups in total. The zero-order valence-corrected chi connectivity index (χ0v) is 14.6. The van der Waals surface area contributed by atoms with Crippen molar-refractivity contribution in [2.45, 2.75) is 19.5 Å². The summed E-state index contributed by atoms with van der Waals surface area (Å²) in [4.78, 5) is 25.9. The van der Waals surface area contributed by atoms with E-state index in [-0.39, 0.29) is 18.5 Å². The Kier molecular flexibility index (Phi) is 5.56. The number of benzene rings is 2. The molecule has 3 amide bonds. The molecule has 0 spiro atoms. The van der Waals surface area contributed by atoms with Crippen LogP contribution in [0.5, 0.6) is 0 Å². The Morgan fingerprint density at radius 1 is 1.00 bits per heavy atom. The maximum Gasteiger partial charge on any atom is 0.315 e. The molecule has 5 nitrogen and oxygen atoms in total. The normalized spacial score (nSPS) is 13.1. The Morgan fingerprint density at radius 3 is 2.48 bits per heavy atom. The van der Waals surface area contributed by atoms with Crippen molar-refractivity contribution in [3.63, 3.8) is 0 Å². The average Bonchev–Trinajstić information content (AvgIpc) is 2.65. The van der Waals surface area contributed by atoms with Crippen LogP contribution in [-0.2, 0) is 24.3 Å². The fraction of sp³-hybridized carbons (Fsp3) is 0.263. The summed E-state index contributed by atoms with van der Waals surface area (Å²) in [6, 6.07) is 15.0. The number of halogens is 1. The quantitative estimate of drug-likeness (QED) is 0.883. The largest absolute Gasteiger partial charge is 0.336 e. The number of carbonyl (C=O) groups excluding carboxylic acids is 2. The average molecular weight is 358 g/mol. The van der Waals surface area contributed by atoms with E-state index in [1.165, 1.54) is 11.1 Å². The number of amides is 3. The van der Waals surface area contributed by atoms with Gasteiger partial charge in [0.05, 0.1) is 6.54 Å². The number of hydrogen-bond acceptors (Lipinski definition) is 2. The molecule has 1 aliphatic heterocycles. The molecule has 25 heavy (non-hydrogen) atoms. The van der Waals surface area contributed by atoms with E-state index in [9.17, 15) is 9.59 Å². The Balaban J connectivity index is 1.43. The van der Waals surface area contributed by atoms with Gasteiger partial charge in [0.1, 0.15) is 0 Å². The van der Waals surface area contributed by atoms with Crippen molar-refractivity contribution in [3.05, 3.63) is 70.2 Å². The van der Waals surface area contributed by atoms with Crippen molar-refractivity contribution >= 4 is 23.5 Å². The van der Waals surface area contributed by atoms with Crippen molar-refractivity contribution < 1.29 is 9.59 Å². The van der Waals surface area contributed by atoms with E-state index >= 15 is 0 Å². The van der Waals surface area contributed by atoms with Crippen LogP contribution in [0.1, 0.15) is 16.7 Å². The number of rotatable bonds is 4. The lowest BCUT2D eigenvalue weighted by Gasteiger charge is -2.29. The molecule has 0 aromatic heterocycles. The third-order valence-electron chi connectivity index (χ3n) is 4.25. The number of nitrogens with one attached hydrogen (secondary N) is 2. The summed E-state index contributed by atoms with van der Waals surface area (Å²) in [7, 11) is 0. The molecule has 0 fully saturated rings. The Bertz CT molecular complexity index is 762. The van der Waals surface area contributed by atoms with E-state index in [1.54, 1.807) is 17.0 Å². The number of hydrogen-bond donors (Lipinski definition) is 2. The maximum atomic E-state index is 12.3. The fourth-order valence-corrected chi connectivity index (χ4v) is 2.95. The Labute approximate surface area is 152 Å². The SMILES string of the molecule is O=C(NCC(=O)N1CCc2ccccc2C1)NCc1ccc(Cl)cc1. The van der Waals surface area contributed by atoms with Gasteiger partial charge in [-0.05, 0) is 35.2 Å². The smallest absolute Gasteiger partial charge is 0.315 e. The van der Waals surface area contributed by atoms with Crippen LogP contribution in [0.3, 0.4) is 0 Å². The van der Waals surface area contributed by atoms with Crippen LogP contribution >= 0.6 is 11.6 Å². The molecule has 0 radical (unpaired) electrons. The lowest BCUT2D eigenvalue weighted by molar-refractivity contribution is -0.130. The highest BCUT2D eigenvalue weighted by Gasteiger charge is 2.20. The molecular formula is C19H20ClN3O2. The highest BCUT2D eigenvalue weighted by molar-refractivity contribution is 6.30. The summed E-state index contributed by atoms with van der Waals surface area (Å²) >= 11 is 5.82. The van der Waals surface area contributed by atoms with E-state index in [2.05, 4.69) is 16.7 Å². The highest BCUT2D eigenvalue weighted by atomic mass is 35.5. The lowest BCUT2D eigenvalue weighted by atomic mass is 10.00. The van der Waals surface area contributed by atoms with Crippen LogP contribution in [-0.4, -0.2) is 29.9 Å². The Hall–Kier alpha value is -2.53. The van der Waals surface area contributed by atoms with Gasteiger partial charge in [-0.3, -0.25) is 4.79 Å². The second kappa shape index (κ2) is 8.03. The predicted octanol–water partition coefficient (Wildman–Crippen LogP) is 2.72.